The number of hydrogen-bond donors (Lipinski definition) is 2. The van der Waals surface area contributed by atoms with Crippen molar-refractivity contribution < 1.29 is 24.0 Å². The number of nitrogens with one attached hydrogen (secondary N) is 1. The summed E-state index contributed by atoms with van der Waals surface area (Å²) in [5.41, 5.74) is 0.935. The highest BCUT2D eigenvalue weighted by molar-refractivity contribution is 6.46. The third-order valence-electron chi connectivity index (χ3n) is 4.70. The number of ketones is 1. The van der Waals surface area contributed by atoms with Crippen LogP contribution in [0.15, 0.2) is 54.1 Å². The minimum absolute atomic E-state index is 0.00677. The lowest BCUT2D eigenvalue weighted by Crippen LogP contribution is -3.06. The average molecular weight is 404 g/mol. The number of aliphatic hydroxyl groups excluding tert-OH is 1. The number of quaternary nitrogens is 1. The first-order valence-electron chi connectivity index (χ1n) is 8.88. The minimum Gasteiger partial charge on any atom is -0.507 e. The molecule has 2 N–H and O–H groups in total. The predicted molar refractivity (Wildman–Crippen MR) is 105 cm³/mol. The van der Waals surface area contributed by atoms with Gasteiger partial charge in [-0.05, 0) is 42.0 Å². The van der Waals surface area contributed by atoms with Crippen LogP contribution in [0.1, 0.15) is 17.2 Å². The maximum Gasteiger partial charge on any atom is 0.295 e. The molecule has 0 saturated carbocycles. The van der Waals surface area contributed by atoms with Gasteiger partial charge in [0, 0.05) is 10.6 Å². The summed E-state index contributed by atoms with van der Waals surface area (Å²) in [5, 5.41) is 11.3. The molecule has 5 nitrogen and oxygen atoms in total. The Labute approximate surface area is 167 Å². The minimum atomic E-state index is -0.754. The number of aliphatic hydroxyl groups is 1. The van der Waals surface area contributed by atoms with Gasteiger partial charge in [-0.3, -0.25) is 9.59 Å². The largest absolute Gasteiger partial charge is 0.507 e. The Morgan fingerprint density at radius 2 is 1.71 bits per heavy atom. The lowest BCUT2D eigenvalue weighted by atomic mass is 9.95. The van der Waals surface area contributed by atoms with Gasteiger partial charge in [0.15, 0.2) is 0 Å². The van der Waals surface area contributed by atoms with Gasteiger partial charge in [-0.15, -0.1) is 0 Å². The van der Waals surface area contributed by atoms with Crippen molar-refractivity contribution in [1.29, 1.82) is 0 Å². The van der Waals surface area contributed by atoms with Crippen LogP contribution in [0.5, 0.6) is 0 Å². The molecule has 0 bridgehead atoms. The number of nitrogens with zero attached hydrogens (tertiary/aromatic N) is 1. The maximum atomic E-state index is 13.2. The third kappa shape index (κ3) is 3.93. The zero-order valence-electron chi connectivity index (χ0n) is 15.6. The molecule has 0 aromatic heterocycles. The Morgan fingerprint density at radius 3 is 2.29 bits per heavy atom. The molecule has 1 atom stereocenters. The van der Waals surface area contributed by atoms with Gasteiger partial charge >= 0.3 is 0 Å². The van der Waals surface area contributed by atoms with Crippen molar-refractivity contribution in [1.82, 2.24) is 4.90 Å². The Balaban J connectivity index is 2.13. The summed E-state index contributed by atoms with van der Waals surface area (Å²) in [6.45, 7) is 0.980. The summed E-state index contributed by atoms with van der Waals surface area (Å²) >= 11 is 5.98. The molecule has 1 aliphatic heterocycles. The van der Waals surface area contributed by atoms with E-state index in [0.717, 1.165) is 4.90 Å². The van der Waals surface area contributed by atoms with Crippen LogP contribution >= 0.6 is 11.6 Å². The standard InChI is InChI=1S/C21H20ClFN2O3/c1-24(2)11-12-25-18(13-3-7-15(22)8-4-13)17(20(27)21(25)28)19(26)14-5-9-16(23)10-6-14/h3-10,18,26H,11-12H2,1-2H3/p+1/t18-/m1/s1. The first kappa shape index (κ1) is 20.0. The Hall–Kier alpha value is -2.70. The number of amides is 1. The molecule has 3 rings (SSSR count). The fourth-order valence-corrected chi connectivity index (χ4v) is 3.34. The van der Waals surface area contributed by atoms with E-state index in [1.807, 2.05) is 14.1 Å². The monoisotopic (exact) mass is 403 g/mol. The van der Waals surface area contributed by atoms with Crippen LogP contribution in [0.25, 0.3) is 5.76 Å². The first-order valence-corrected chi connectivity index (χ1v) is 9.26. The van der Waals surface area contributed by atoms with E-state index in [0.29, 0.717) is 23.7 Å². The Kier molecular flexibility index (Phi) is 5.82. The summed E-state index contributed by atoms with van der Waals surface area (Å²) < 4.78 is 13.2. The van der Waals surface area contributed by atoms with Gasteiger partial charge < -0.3 is 14.9 Å². The van der Waals surface area contributed by atoms with E-state index in [4.69, 9.17) is 11.6 Å². The molecule has 0 aliphatic carbocycles. The molecule has 2 aromatic rings. The molecule has 146 valence electrons. The fraction of sp³-hybridized carbons (Fsp3) is 0.238. The fourth-order valence-electron chi connectivity index (χ4n) is 3.21. The first-order chi connectivity index (χ1) is 13.3. The number of likely N-dealkylation sites (N-methyl/N-ethyl adjacent to an activating group) is 1. The van der Waals surface area contributed by atoms with Gasteiger partial charge in [-0.1, -0.05) is 23.7 Å². The molecule has 1 fully saturated rings. The van der Waals surface area contributed by atoms with E-state index in [1.54, 1.807) is 24.3 Å². The summed E-state index contributed by atoms with van der Waals surface area (Å²) in [4.78, 5) is 28.1. The molecule has 1 heterocycles. The molecule has 1 aliphatic rings. The van der Waals surface area contributed by atoms with Crippen molar-refractivity contribution >= 4 is 29.1 Å². The van der Waals surface area contributed by atoms with Crippen LogP contribution in [0.2, 0.25) is 5.02 Å². The summed E-state index contributed by atoms with van der Waals surface area (Å²) in [7, 11) is 3.90. The molecular formula is C21H21ClFN2O3+. The lowest BCUT2D eigenvalue weighted by molar-refractivity contribution is -0.857. The summed E-state index contributed by atoms with van der Waals surface area (Å²) in [6, 6.07) is 11.2. The van der Waals surface area contributed by atoms with E-state index < -0.39 is 23.5 Å². The number of halogens is 2. The summed E-state index contributed by atoms with van der Waals surface area (Å²) in [6.07, 6.45) is 0. The topological polar surface area (TPSA) is 62.0 Å². The Morgan fingerprint density at radius 1 is 1.11 bits per heavy atom. The van der Waals surface area contributed by atoms with E-state index in [-0.39, 0.29) is 16.9 Å². The molecule has 7 heteroatoms. The average Bonchev–Trinajstić information content (AvgIpc) is 2.91. The van der Waals surface area contributed by atoms with Gasteiger partial charge in [-0.2, -0.15) is 0 Å². The van der Waals surface area contributed by atoms with E-state index in [1.165, 1.54) is 29.2 Å². The quantitative estimate of drug-likeness (QED) is 0.456. The van der Waals surface area contributed by atoms with Crippen molar-refractivity contribution in [2.24, 2.45) is 0 Å². The number of Topliss-reactive ketones (excluding diaryl/α,β-unsaturated/α-hetero) is 1. The van der Waals surface area contributed by atoms with E-state index in [9.17, 15) is 19.1 Å². The van der Waals surface area contributed by atoms with Crippen LogP contribution in [0.3, 0.4) is 0 Å². The summed E-state index contributed by atoms with van der Waals surface area (Å²) in [5.74, 6) is -2.20. The number of carbonyl (C=O) groups excluding carboxylic acids is 2. The van der Waals surface area contributed by atoms with Gasteiger partial charge in [0.2, 0.25) is 0 Å². The zero-order chi connectivity index (χ0) is 20.4. The SMILES string of the molecule is C[NH+](C)CCN1C(=O)C(=O)C(=C(O)c2ccc(F)cc2)[C@H]1c1ccc(Cl)cc1. The highest BCUT2D eigenvalue weighted by atomic mass is 35.5. The van der Waals surface area contributed by atoms with Gasteiger partial charge in [-0.25, -0.2) is 4.39 Å². The number of likely N-dealkylation sites (tertiary alicyclic amines) is 1. The molecule has 0 unspecified atom stereocenters. The molecule has 0 spiro atoms. The smallest absolute Gasteiger partial charge is 0.295 e. The van der Waals surface area contributed by atoms with Crippen LogP contribution in [-0.4, -0.2) is 48.9 Å². The predicted octanol–water partition coefficient (Wildman–Crippen LogP) is 2.05. The maximum absolute atomic E-state index is 13.2. The molecule has 1 saturated heterocycles. The van der Waals surface area contributed by atoms with Crippen molar-refractivity contribution in [3.8, 4) is 0 Å². The van der Waals surface area contributed by atoms with Crippen LogP contribution in [0, 0.1) is 5.82 Å². The highest BCUT2D eigenvalue weighted by Crippen LogP contribution is 2.39. The van der Waals surface area contributed by atoms with Crippen molar-refractivity contribution in [2.45, 2.75) is 6.04 Å². The zero-order valence-corrected chi connectivity index (χ0v) is 16.3. The van der Waals surface area contributed by atoms with E-state index >= 15 is 0 Å². The normalized spacial score (nSPS) is 18.9. The Bertz CT molecular complexity index is 924. The van der Waals surface area contributed by atoms with E-state index in [2.05, 4.69) is 0 Å². The van der Waals surface area contributed by atoms with Crippen LogP contribution in [-0.2, 0) is 9.59 Å². The van der Waals surface area contributed by atoms with Gasteiger partial charge in [0.05, 0.1) is 38.8 Å². The second-order valence-corrected chi connectivity index (χ2v) is 7.44. The number of benzene rings is 2. The van der Waals surface area contributed by atoms with Crippen LogP contribution in [0.4, 0.5) is 4.39 Å². The van der Waals surface area contributed by atoms with Crippen molar-refractivity contribution in [2.75, 3.05) is 27.2 Å². The van der Waals surface area contributed by atoms with Crippen molar-refractivity contribution in [3.63, 3.8) is 0 Å². The third-order valence-corrected chi connectivity index (χ3v) is 4.95. The van der Waals surface area contributed by atoms with Gasteiger partial charge in [0.25, 0.3) is 11.7 Å². The van der Waals surface area contributed by atoms with Crippen molar-refractivity contribution in [3.05, 3.63) is 76.1 Å². The number of carbonyl (C=O) groups is 2. The second-order valence-electron chi connectivity index (χ2n) is 7.01. The lowest BCUT2D eigenvalue weighted by Gasteiger charge is -2.25. The molecule has 2 aromatic carbocycles. The number of rotatable bonds is 5. The molecule has 28 heavy (non-hydrogen) atoms. The van der Waals surface area contributed by atoms with Gasteiger partial charge in [0.1, 0.15) is 11.6 Å². The molecule has 0 radical (unpaired) electrons. The second kappa shape index (κ2) is 8.12. The molecule has 1 amide bonds. The van der Waals surface area contributed by atoms with Crippen LogP contribution < -0.4 is 4.90 Å². The molecular weight excluding hydrogens is 383 g/mol. The number of hydrogen-bond acceptors (Lipinski definition) is 3. The highest BCUT2D eigenvalue weighted by Gasteiger charge is 2.46.